The molecule has 0 amide bonds. The number of methoxy groups -OCH3 is 2. The van der Waals surface area contributed by atoms with Gasteiger partial charge in [-0.25, -0.2) is 9.79 Å². The van der Waals surface area contributed by atoms with E-state index >= 15 is 0 Å². The number of rotatable bonds is 8. The Labute approximate surface area is 214 Å². The van der Waals surface area contributed by atoms with E-state index in [0.29, 0.717) is 31.9 Å². The highest BCUT2D eigenvalue weighted by atomic mass is 32.1. The Morgan fingerprint density at radius 1 is 1.14 bits per heavy atom. The van der Waals surface area contributed by atoms with Gasteiger partial charge in [0.25, 0.3) is 5.56 Å². The lowest BCUT2D eigenvalue weighted by molar-refractivity contribution is -0.139. The minimum absolute atomic E-state index is 0.0918. The van der Waals surface area contributed by atoms with E-state index < -0.39 is 18.6 Å². The van der Waals surface area contributed by atoms with Crippen molar-refractivity contribution in [1.29, 1.82) is 0 Å². The number of thiazole rings is 1. The number of benzene rings is 2. The second-order valence-electron chi connectivity index (χ2n) is 7.83. The van der Waals surface area contributed by atoms with Crippen LogP contribution in [0.25, 0.3) is 6.08 Å². The Balaban J connectivity index is 1.91. The number of hydrogen-bond donors (Lipinski definition) is 0. The maximum absolute atomic E-state index is 13.7. The molecule has 8 nitrogen and oxygen atoms in total. The Bertz CT molecular complexity index is 1540. The van der Waals surface area contributed by atoms with Crippen molar-refractivity contribution < 1.29 is 32.5 Å². The van der Waals surface area contributed by atoms with Crippen LogP contribution in [0.2, 0.25) is 0 Å². The molecule has 0 aliphatic carbocycles. The molecule has 0 saturated carbocycles. The predicted octanol–water partition coefficient (Wildman–Crippen LogP) is 3.42. The van der Waals surface area contributed by atoms with Gasteiger partial charge in [0.1, 0.15) is 11.8 Å². The van der Waals surface area contributed by atoms with Crippen LogP contribution in [-0.4, -0.2) is 38.0 Å². The summed E-state index contributed by atoms with van der Waals surface area (Å²) in [6.45, 7) is 0.548. The van der Waals surface area contributed by atoms with Crippen molar-refractivity contribution in [3.05, 3.63) is 84.5 Å². The lowest BCUT2D eigenvalue weighted by atomic mass is 9.95. The van der Waals surface area contributed by atoms with Crippen molar-refractivity contribution in [3.63, 3.8) is 0 Å². The third kappa shape index (κ3) is 5.12. The van der Waals surface area contributed by atoms with Gasteiger partial charge in [-0.2, -0.15) is 8.78 Å². The molecule has 1 aromatic heterocycles. The van der Waals surface area contributed by atoms with Gasteiger partial charge in [-0.3, -0.25) is 9.36 Å². The molecule has 0 N–H and O–H groups in total. The van der Waals surface area contributed by atoms with Crippen molar-refractivity contribution in [1.82, 2.24) is 4.57 Å². The highest BCUT2D eigenvalue weighted by molar-refractivity contribution is 7.07. The van der Waals surface area contributed by atoms with Gasteiger partial charge in [0.15, 0.2) is 16.3 Å². The zero-order valence-electron chi connectivity index (χ0n) is 20.5. The average Bonchev–Trinajstić information content (AvgIpc) is 3.17. The van der Waals surface area contributed by atoms with Gasteiger partial charge in [0.2, 0.25) is 0 Å². The molecule has 37 heavy (non-hydrogen) atoms. The number of carbonyl (C=O) groups excluding carboxylic acids is 1. The minimum Gasteiger partial charge on any atom is -0.496 e. The fourth-order valence-corrected chi connectivity index (χ4v) is 5.14. The number of esters is 1. The third-order valence-corrected chi connectivity index (χ3v) is 6.63. The first kappa shape index (κ1) is 26.1. The van der Waals surface area contributed by atoms with E-state index in [1.54, 1.807) is 44.2 Å². The lowest BCUT2D eigenvalue weighted by Crippen LogP contribution is -2.40. The number of halogens is 2. The Hall–Kier alpha value is -3.99. The van der Waals surface area contributed by atoms with E-state index in [0.717, 1.165) is 11.3 Å². The van der Waals surface area contributed by atoms with E-state index in [2.05, 4.69) is 9.73 Å². The number of carbonyl (C=O) groups is 1. The fourth-order valence-electron chi connectivity index (χ4n) is 4.10. The first-order valence-corrected chi connectivity index (χ1v) is 12.1. The normalized spacial score (nSPS) is 15.3. The lowest BCUT2D eigenvalue weighted by Gasteiger charge is -2.25. The van der Waals surface area contributed by atoms with E-state index in [4.69, 9.17) is 14.2 Å². The topological polar surface area (TPSA) is 88.4 Å². The molecule has 11 heteroatoms. The molecule has 0 saturated heterocycles. The molecule has 0 bridgehead atoms. The molecule has 2 heterocycles. The number of nitrogens with zero attached hydrogens (tertiary/aromatic N) is 2. The first-order valence-electron chi connectivity index (χ1n) is 11.2. The summed E-state index contributed by atoms with van der Waals surface area (Å²) in [5.74, 6) is -0.109. The molecule has 1 aliphatic heterocycles. The summed E-state index contributed by atoms with van der Waals surface area (Å²) in [7, 11) is 2.84. The summed E-state index contributed by atoms with van der Waals surface area (Å²) < 4.78 is 47.6. The van der Waals surface area contributed by atoms with E-state index in [1.807, 2.05) is 0 Å². The van der Waals surface area contributed by atoms with E-state index in [9.17, 15) is 18.4 Å². The van der Waals surface area contributed by atoms with Gasteiger partial charge < -0.3 is 18.9 Å². The quantitative estimate of drug-likeness (QED) is 0.415. The maximum atomic E-state index is 13.7. The zero-order valence-corrected chi connectivity index (χ0v) is 21.3. The molecule has 4 rings (SSSR count). The summed E-state index contributed by atoms with van der Waals surface area (Å²) in [5, 5.41) is 0. The summed E-state index contributed by atoms with van der Waals surface area (Å²) in [5.41, 5.74) is 1.41. The second kappa shape index (κ2) is 11.0. The Morgan fingerprint density at radius 3 is 2.54 bits per heavy atom. The monoisotopic (exact) mass is 530 g/mol. The molecule has 1 aliphatic rings. The molecule has 0 fully saturated rings. The number of ether oxygens (including phenoxy) is 4. The average molecular weight is 531 g/mol. The molecule has 0 unspecified atom stereocenters. The Morgan fingerprint density at radius 2 is 1.86 bits per heavy atom. The second-order valence-corrected chi connectivity index (χ2v) is 8.84. The molecular formula is C26H24F2N2O6S. The highest BCUT2D eigenvalue weighted by Crippen LogP contribution is 2.35. The Kier molecular flexibility index (Phi) is 7.72. The van der Waals surface area contributed by atoms with Gasteiger partial charge in [-0.05, 0) is 43.7 Å². The van der Waals surface area contributed by atoms with Crippen LogP contribution in [0.5, 0.6) is 17.2 Å². The first-order chi connectivity index (χ1) is 17.8. The number of alkyl halides is 2. The van der Waals surface area contributed by atoms with Crippen LogP contribution in [-0.2, 0) is 9.53 Å². The number of fused-ring (bicyclic) bond motifs is 1. The molecule has 2 aromatic carbocycles. The van der Waals surface area contributed by atoms with Crippen LogP contribution in [0.15, 0.2) is 63.5 Å². The molecular weight excluding hydrogens is 506 g/mol. The summed E-state index contributed by atoms with van der Waals surface area (Å²) in [6, 6.07) is 10.7. The highest BCUT2D eigenvalue weighted by Gasteiger charge is 2.34. The van der Waals surface area contributed by atoms with Gasteiger partial charge in [0, 0.05) is 5.56 Å². The van der Waals surface area contributed by atoms with Gasteiger partial charge in [-0.1, -0.05) is 35.6 Å². The summed E-state index contributed by atoms with van der Waals surface area (Å²) in [4.78, 5) is 31.7. The predicted molar refractivity (Wildman–Crippen MR) is 133 cm³/mol. The standard InChI is InChI=1S/C26H24F2N2O6S/c1-5-35-24(32)21-14(2)29-26-30(22(21)16-8-6-7-9-17(16)33-3)23(31)20(37-26)13-15-10-11-18(36-25(27)28)19(12-15)34-4/h6-13,22,25H,5H2,1-4H3/b20-13+/t22-/m1/s1. The zero-order chi connectivity index (χ0) is 26.7. The van der Waals surface area contributed by atoms with Crippen LogP contribution < -0.4 is 29.1 Å². The number of aromatic nitrogens is 1. The fraction of sp³-hybridized carbons (Fsp3) is 0.269. The van der Waals surface area contributed by atoms with Crippen molar-refractivity contribution >= 4 is 23.4 Å². The van der Waals surface area contributed by atoms with Crippen molar-refractivity contribution in [2.45, 2.75) is 26.5 Å². The van der Waals surface area contributed by atoms with E-state index in [1.165, 1.54) is 37.0 Å². The van der Waals surface area contributed by atoms with Gasteiger partial charge >= 0.3 is 12.6 Å². The van der Waals surface area contributed by atoms with Crippen molar-refractivity contribution in [2.24, 2.45) is 4.99 Å². The van der Waals surface area contributed by atoms with Crippen molar-refractivity contribution in [2.75, 3.05) is 20.8 Å². The largest absolute Gasteiger partial charge is 0.496 e. The minimum atomic E-state index is -3.00. The van der Waals surface area contributed by atoms with Crippen molar-refractivity contribution in [3.8, 4) is 17.2 Å². The van der Waals surface area contributed by atoms with Crippen LogP contribution in [0, 0.1) is 0 Å². The smallest absolute Gasteiger partial charge is 0.387 e. The SMILES string of the molecule is CCOC(=O)C1=C(C)N=c2s/c(=C/c3ccc(OC(F)F)c(OC)c3)c(=O)n2[C@@H]1c1ccccc1OC. The van der Waals surface area contributed by atoms with Crippen LogP contribution in [0.1, 0.15) is 31.0 Å². The number of para-hydroxylation sites is 1. The summed E-state index contributed by atoms with van der Waals surface area (Å²) >= 11 is 1.14. The van der Waals surface area contributed by atoms with Gasteiger partial charge in [-0.15, -0.1) is 0 Å². The molecule has 0 radical (unpaired) electrons. The molecule has 3 aromatic rings. The number of allylic oxidation sites excluding steroid dienone is 1. The third-order valence-electron chi connectivity index (χ3n) is 5.65. The number of hydrogen-bond acceptors (Lipinski definition) is 8. The van der Waals surface area contributed by atoms with Crippen LogP contribution >= 0.6 is 11.3 Å². The molecule has 0 spiro atoms. The van der Waals surface area contributed by atoms with Gasteiger partial charge in [0.05, 0.1) is 36.6 Å². The molecule has 194 valence electrons. The molecule has 1 atom stereocenters. The van der Waals surface area contributed by atoms with Crippen LogP contribution in [0.4, 0.5) is 8.78 Å². The van der Waals surface area contributed by atoms with Crippen LogP contribution in [0.3, 0.4) is 0 Å². The van der Waals surface area contributed by atoms with E-state index in [-0.39, 0.29) is 29.2 Å². The summed E-state index contributed by atoms with van der Waals surface area (Å²) in [6.07, 6.45) is 1.60. The maximum Gasteiger partial charge on any atom is 0.387 e.